The van der Waals surface area contributed by atoms with Gasteiger partial charge in [-0.1, -0.05) is 36.4 Å². The van der Waals surface area contributed by atoms with Crippen molar-refractivity contribution in [1.82, 2.24) is 15.3 Å². The number of hydrogen-bond acceptors (Lipinski definition) is 5. The number of amides is 1. The molecule has 2 N–H and O–H groups in total. The second-order valence-corrected chi connectivity index (χ2v) is 6.14. The van der Waals surface area contributed by atoms with Crippen LogP contribution in [0, 0.1) is 0 Å². The van der Waals surface area contributed by atoms with E-state index in [9.17, 15) is 19.5 Å². The fraction of sp³-hybridized carbons (Fsp3) is 0.200. The molecule has 1 heterocycles. The molecule has 0 spiro atoms. The van der Waals surface area contributed by atoms with Crippen molar-refractivity contribution in [3.63, 3.8) is 0 Å². The van der Waals surface area contributed by atoms with Crippen LogP contribution in [0.25, 0.3) is 10.9 Å². The number of aromatic nitrogens is 2. The lowest BCUT2D eigenvalue weighted by Gasteiger charge is -2.07. The van der Waals surface area contributed by atoms with E-state index in [-0.39, 0.29) is 17.0 Å². The van der Waals surface area contributed by atoms with Crippen LogP contribution in [0.5, 0.6) is 0 Å². The van der Waals surface area contributed by atoms with E-state index < -0.39 is 5.97 Å². The molecule has 138 valence electrons. The maximum absolute atomic E-state index is 12.0. The minimum absolute atomic E-state index is 0.0990. The van der Waals surface area contributed by atoms with Gasteiger partial charge in [0.15, 0.2) is 0 Å². The highest BCUT2D eigenvalue weighted by molar-refractivity contribution is 5.85. The first-order valence-electron chi connectivity index (χ1n) is 8.58. The number of benzene rings is 2. The van der Waals surface area contributed by atoms with Gasteiger partial charge in [0.05, 0.1) is 16.9 Å². The molecule has 3 aromatic rings. The molecule has 2 aromatic carbocycles. The number of H-pyrrole nitrogens is 1. The first-order chi connectivity index (χ1) is 13.0. The van der Waals surface area contributed by atoms with Crippen LogP contribution in [0.1, 0.15) is 34.6 Å². The Bertz CT molecular complexity index is 1030. The minimum Gasteiger partial charge on any atom is -0.545 e. The van der Waals surface area contributed by atoms with Gasteiger partial charge in [0.1, 0.15) is 5.82 Å². The Balaban J connectivity index is 1.48. The van der Waals surface area contributed by atoms with E-state index in [1.54, 1.807) is 30.3 Å². The van der Waals surface area contributed by atoms with Gasteiger partial charge in [-0.05, 0) is 29.7 Å². The number of carboxylic acids is 1. The van der Waals surface area contributed by atoms with Gasteiger partial charge >= 0.3 is 0 Å². The number of fused-ring (bicyclic) bond motifs is 1. The summed E-state index contributed by atoms with van der Waals surface area (Å²) in [5.74, 6) is -0.794. The van der Waals surface area contributed by atoms with Crippen LogP contribution >= 0.6 is 0 Å². The van der Waals surface area contributed by atoms with Crippen molar-refractivity contribution >= 4 is 22.8 Å². The third kappa shape index (κ3) is 4.78. The van der Waals surface area contributed by atoms with Gasteiger partial charge in [0.2, 0.25) is 5.91 Å². The number of carbonyl (C=O) groups is 2. The molecule has 7 nitrogen and oxygen atoms in total. The van der Waals surface area contributed by atoms with Gasteiger partial charge in [-0.25, -0.2) is 4.98 Å². The number of carbonyl (C=O) groups excluding carboxylic acids is 2. The predicted molar refractivity (Wildman–Crippen MR) is 97.9 cm³/mol. The maximum atomic E-state index is 12.0. The average molecular weight is 364 g/mol. The molecule has 1 aromatic heterocycles. The van der Waals surface area contributed by atoms with Crippen LogP contribution < -0.4 is 16.0 Å². The van der Waals surface area contributed by atoms with Gasteiger partial charge in [-0.3, -0.25) is 9.59 Å². The van der Waals surface area contributed by atoms with Crippen molar-refractivity contribution < 1.29 is 14.7 Å². The van der Waals surface area contributed by atoms with Crippen LogP contribution in [0.15, 0.2) is 53.3 Å². The molecule has 0 atom stereocenters. The number of para-hydroxylation sites is 1. The number of aromatic carboxylic acids is 1. The van der Waals surface area contributed by atoms with E-state index in [1.807, 2.05) is 6.07 Å². The van der Waals surface area contributed by atoms with E-state index in [0.717, 1.165) is 5.56 Å². The average Bonchev–Trinajstić information content (AvgIpc) is 2.67. The smallest absolute Gasteiger partial charge is 0.258 e. The van der Waals surface area contributed by atoms with Crippen molar-refractivity contribution in [1.29, 1.82) is 0 Å². The zero-order valence-corrected chi connectivity index (χ0v) is 14.5. The Labute approximate surface area is 155 Å². The third-order valence-corrected chi connectivity index (χ3v) is 4.16. The summed E-state index contributed by atoms with van der Waals surface area (Å²) in [4.78, 5) is 41.8. The SMILES string of the molecule is O=C(CCCc1nc2ccccc2c(=O)[nH]1)NCc1ccc(C(=O)[O-])cc1. The summed E-state index contributed by atoms with van der Waals surface area (Å²) < 4.78 is 0. The Morgan fingerprint density at radius 3 is 2.56 bits per heavy atom. The Morgan fingerprint density at radius 1 is 1.07 bits per heavy atom. The molecule has 7 heteroatoms. The Hall–Kier alpha value is -3.48. The van der Waals surface area contributed by atoms with E-state index in [1.165, 1.54) is 12.1 Å². The zero-order valence-electron chi connectivity index (χ0n) is 14.5. The first kappa shape index (κ1) is 18.3. The minimum atomic E-state index is -1.23. The fourth-order valence-corrected chi connectivity index (χ4v) is 2.72. The second-order valence-electron chi connectivity index (χ2n) is 6.14. The van der Waals surface area contributed by atoms with Crippen LogP contribution in [-0.4, -0.2) is 21.8 Å². The molecule has 3 rings (SSSR count). The predicted octanol–water partition coefficient (Wildman–Crippen LogP) is 0.926. The van der Waals surface area contributed by atoms with Crippen molar-refractivity contribution in [3.8, 4) is 0 Å². The standard InChI is InChI=1S/C20H19N3O4/c24-18(21-12-13-8-10-14(11-9-13)20(26)27)7-3-6-17-22-16-5-2-1-4-15(16)19(25)23-17/h1-2,4-5,8-11H,3,6-7,12H2,(H,21,24)(H,26,27)(H,22,23,25)/p-1. The van der Waals surface area contributed by atoms with Gasteiger partial charge in [-0.15, -0.1) is 0 Å². The number of nitrogens with zero attached hydrogens (tertiary/aromatic N) is 1. The number of rotatable bonds is 7. The number of aromatic amines is 1. The monoisotopic (exact) mass is 364 g/mol. The lowest BCUT2D eigenvalue weighted by atomic mass is 10.1. The van der Waals surface area contributed by atoms with Gasteiger partial charge in [0, 0.05) is 19.4 Å². The van der Waals surface area contributed by atoms with Crippen molar-refractivity contribution in [2.75, 3.05) is 0 Å². The van der Waals surface area contributed by atoms with E-state index in [2.05, 4.69) is 15.3 Å². The molecular formula is C20H18N3O4-. The molecule has 0 aliphatic heterocycles. The lowest BCUT2D eigenvalue weighted by molar-refractivity contribution is -0.255. The number of hydrogen-bond donors (Lipinski definition) is 2. The summed E-state index contributed by atoms with van der Waals surface area (Å²) >= 11 is 0. The molecule has 0 unspecified atom stereocenters. The van der Waals surface area contributed by atoms with Crippen molar-refractivity contribution in [3.05, 3.63) is 75.8 Å². The summed E-state index contributed by atoms with van der Waals surface area (Å²) in [6, 6.07) is 13.3. The maximum Gasteiger partial charge on any atom is 0.258 e. The number of carboxylic acid groups (broad SMARTS) is 1. The highest BCUT2D eigenvalue weighted by atomic mass is 16.4. The lowest BCUT2D eigenvalue weighted by Crippen LogP contribution is -2.23. The van der Waals surface area contributed by atoms with E-state index in [4.69, 9.17) is 0 Å². The van der Waals surface area contributed by atoms with Crippen LogP contribution in [0.2, 0.25) is 0 Å². The summed E-state index contributed by atoms with van der Waals surface area (Å²) in [5.41, 5.74) is 1.36. The molecule has 0 saturated heterocycles. The molecule has 0 fully saturated rings. The van der Waals surface area contributed by atoms with Crippen LogP contribution in [-0.2, 0) is 17.8 Å². The molecular weight excluding hydrogens is 346 g/mol. The highest BCUT2D eigenvalue weighted by Gasteiger charge is 2.06. The first-order valence-corrected chi connectivity index (χ1v) is 8.58. The Kier molecular flexibility index (Phi) is 5.61. The number of aryl methyl sites for hydroxylation is 1. The number of nitrogens with one attached hydrogen (secondary N) is 2. The van der Waals surface area contributed by atoms with Crippen molar-refractivity contribution in [2.24, 2.45) is 0 Å². The van der Waals surface area contributed by atoms with Crippen LogP contribution in [0.3, 0.4) is 0 Å². The fourth-order valence-electron chi connectivity index (χ4n) is 2.72. The van der Waals surface area contributed by atoms with E-state index >= 15 is 0 Å². The van der Waals surface area contributed by atoms with Gasteiger partial charge in [0.25, 0.3) is 5.56 Å². The zero-order chi connectivity index (χ0) is 19.2. The quantitative estimate of drug-likeness (QED) is 0.647. The molecule has 1 amide bonds. The summed E-state index contributed by atoms with van der Waals surface area (Å²) in [7, 11) is 0. The Morgan fingerprint density at radius 2 is 1.81 bits per heavy atom. The second kappa shape index (κ2) is 8.27. The van der Waals surface area contributed by atoms with Gasteiger partial charge < -0.3 is 20.2 Å². The summed E-state index contributed by atoms with van der Waals surface area (Å²) in [5, 5.41) is 14.0. The highest BCUT2D eigenvalue weighted by Crippen LogP contribution is 2.08. The molecule has 0 bridgehead atoms. The van der Waals surface area contributed by atoms with Crippen LogP contribution in [0.4, 0.5) is 0 Å². The van der Waals surface area contributed by atoms with E-state index in [0.29, 0.717) is 42.5 Å². The molecule has 0 aliphatic carbocycles. The summed E-state index contributed by atoms with van der Waals surface area (Å²) in [6.45, 7) is 0.317. The normalized spacial score (nSPS) is 10.7. The molecule has 27 heavy (non-hydrogen) atoms. The van der Waals surface area contributed by atoms with Crippen molar-refractivity contribution in [2.45, 2.75) is 25.8 Å². The van der Waals surface area contributed by atoms with Gasteiger partial charge in [-0.2, -0.15) is 0 Å². The molecule has 0 radical (unpaired) electrons. The largest absolute Gasteiger partial charge is 0.545 e. The topological polar surface area (TPSA) is 115 Å². The third-order valence-electron chi connectivity index (χ3n) is 4.16. The summed E-state index contributed by atoms with van der Waals surface area (Å²) in [6.07, 6.45) is 1.35. The molecule has 0 aliphatic rings. The molecule has 0 saturated carbocycles.